The fraction of sp³-hybridized carbons (Fsp3) is 0.0909. The van der Waals surface area contributed by atoms with Gasteiger partial charge in [0.05, 0.1) is 5.69 Å². The molecule has 5 heteroatoms. The second-order valence-corrected chi connectivity index (χ2v) is 3.27. The van der Waals surface area contributed by atoms with E-state index in [1.54, 1.807) is 35.0 Å². The summed E-state index contributed by atoms with van der Waals surface area (Å²) in [6.45, 7) is 0. The molecule has 5 nitrogen and oxygen atoms in total. The van der Waals surface area contributed by atoms with E-state index in [1.165, 1.54) is 6.20 Å². The maximum Gasteiger partial charge on any atom is 0.311 e. The number of para-hydroxylation sites is 2. The van der Waals surface area contributed by atoms with Crippen LogP contribution in [0.4, 0.5) is 0 Å². The molecule has 16 heavy (non-hydrogen) atoms. The molecule has 2 N–H and O–H groups in total. The molecular weight excluding hydrogens is 208 g/mol. The van der Waals surface area contributed by atoms with Crippen LogP contribution in [-0.2, 0) is 11.2 Å². The Morgan fingerprint density at radius 2 is 2.12 bits per heavy atom. The van der Waals surface area contributed by atoms with Crippen LogP contribution in [0.1, 0.15) is 5.82 Å². The zero-order valence-corrected chi connectivity index (χ0v) is 8.37. The first-order chi connectivity index (χ1) is 7.68. The average Bonchev–Trinajstić information content (AvgIpc) is 2.66. The maximum atomic E-state index is 10.6. The van der Waals surface area contributed by atoms with Crippen molar-refractivity contribution < 1.29 is 15.0 Å². The summed E-state index contributed by atoms with van der Waals surface area (Å²) in [5.41, 5.74) is 0.524. The molecule has 82 valence electrons. The highest BCUT2D eigenvalue weighted by Crippen LogP contribution is 2.21. The molecule has 0 aliphatic heterocycles. The molecule has 1 heterocycles. The quantitative estimate of drug-likeness (QED) is 0.811. The first kappa shape index (κ1) is 10.2. The number of benzene rings is 1. The van der Waals surface area contributed by atoms with Gasteiger partial charge in [-0.15, -0.1) is 0 Å². The van der Waals surface area contributed by atoms with Gasteiger partial charge in [-0.3, -0.25) is 9.36 Å². The summed E-state index contributed by atoms with van der Waals surface area (Å²) in [5, 5.41) is 18.4. The van der Waals surface area contributed by atoms with E-state index in [0.717, 1.165) is 0 Å². The Morgan fingerprint density at radius 3 is 2.81 bits per heavy atom. The van der Waals surface area contributed by atoms with Gasteiger partial charge in [-0.2, -0.15) is 0 Å². The number of carboxylic acids is 1. The number of aliphatic carboxylic acids is 1. The van der Waals surface area contributed by atoms with Crippen LogP contribution >= 0.6 is 0 Å². The second kappa shape index (κ2) is 4.06. The Morgan fingerprint density at radius 1 is 1.38 bits per heavy atom. The number of aromatic hydroxyl groups is 1. The van der Waals surface area contributed by atoms with Gasteiger partial charge >= 0.3 is 5.97 Å². The largest absolute Gasteiger partial charge is 0.506 e. The van der Waals surface area contributed by atoms with Crippen molar-refractivity contribution in [1.82, 2.24) is 9.55 Å². The third-order valence-corrected chi connectivity index (χ3v) is 2.17. The van der Waals surface area contributed by atoms with Gasteiger partial charge in [0.25, 0.3) is 0 Å². The number of aromatic nitrogens is 2. The van der Waals surface area contributed by atoms with Gasteiger partial charge < -0.3 is 10.2 Å². The Hall–Kier alpha value is -2.30. The number of hydrogen-bond acceptors (Lipinski definition) is 3. The summed E-state index contributed by atoms with van der Waals surface area (Å²) in [6.07, 6.45) is 2.94. The predicted octanol–water partition coefficient (Wildman–Crippen LogP) is 1.20. The van der Waals surface area contributed by atoms with E-state index in [4.69, 9.17) is 5.11 Å². The Kier molecular flexibility index (Phi) is 2.59. The van der Waals surface area contributed by atoms with E-state index < -0.39 is 5.97 Å². The molecular formula is C11H10N2O3. The van der Waals surface area contributed by atoms with Gasteiger partial charge in [-0.25, -0.2) is 4.98 Å². The van der Waals surface area contributed by atoms with Gasteiger partial charge in [0.15, 0.2) is 0 Å². The number of nitrogens with zero attached hydrogens (tertiary/aromatic N) is 2. The van der Waals surface area contributed by atoms with Crippen LogP contribution in [0.2, 0.25) is 0 Å². The molecule has 0 bridgehead atoms. The second-order valence-electron chi connectivity index (χ2n) is 3.27. The van der Waals surface area contributed by atoms with E-state index in [0.29, 0.717) is 11.5 Å². The molecule has 0 spiro atoms. The van der Waals surface area contributed by atoms with E-state index in [2.05, 4.69) is 4.98 Å². The fourth-order valence-electron chi connectivity index (χ4n) is 1.49. The molecule has 0 saturated heterocycles. The highest BCUT2D eigenvalue weighted by molar-refractivity contribution is 5.69. The maximum absolute atomic E-state index is 10.6. The number of carboxylic acid groups (broad SMARTS) is 1. The van der Waals surface area contributed by atoms with Crippen LogP contribution in [0.5, 0.6) is 5.75 Å². The summed E-state index contributed by atoms with van der Waals surface area (Å²) in [6, 6.07) is 6.70. The summed E-state index contributed by atoms with van der Waals surface area (Å²) in [4.78, 5) is 14.6. The van der Waals surface area contributed by atoms with Crippen LogP contribution in [-0.4, -0.2) is 25.7 Å². The summed E-state index contributed by atoms with van der Waals surface area (Å²) in [7, 11) is 0. The van der Waals surface area contributed by atoms with Gasteiger partial charge in [0, 0.05) is 12.4 Å². The molecule has 0 amide bonds. The van der Waals surface area contributed by atoms with Crippen LogP contribution in [0.25, 0.3) is 5.69 Å². The van der Waals surface area contributed by atoms with Gasteiger partial charge in [-0.05, 0) is 12.1 Å². The first-order valence-corrected chi connectivity index (χ1v) is 4.71. The molecule has 1 aromatic carbocycles. The molecule has 0 aliphatic carbocycles. The number of carbonyl (C=O) groups is 1. The van der Waals surface area contributed by atoms with Crippen LogP contribution < -0.4 is 0 Å². The Labute approximate surface area is 91.6 Å². The minimum atomic E-state index is -0.956. The Bertz CT molecular complexity index is 519. The van der Waals surface area contributed by atoms with Gasteiger partial charge in [0.1, 0.15) is 18.0 Å². The van der Waals surface area contributed by atoms with Crippen LogP contribution in [0.3, 0.4) is 0 Å². The average molecular weight is 218 g/mol. The topological polar surface area (TPSA) is 75.3 Å². The molecule has 0 atom stereocenters. The van der Waals surface area contributed by atoms with E-state index in [9.17, 15) is 9.90 Å². The van der Waals surface area contributed by atoms with Crippen molar-refractivity contribution in [2.75, 3.05) is 0 Å². The summed E-state index contributed by atoms with van der Waals surface area (Å²) < 4.78 is 1.56. The number of phenolic OH excluding ortho intramolecular Hbond substituents is 1. The van der Waals surface area contributed by atoms with Crippen LogP contribution in [0.15, 0.2) is 36.7 Å². The smallest absolute Gasteiger partial charge is 0.311 e. The van der Waals surface area contributed by atoms with E-state index in [1.807, 2.05) is 0 Å². The highest BCUT2D eigenvalue weighted by Gasteiger charge is 2.10. The van der Waals surface area contributed by atoms with Crippen molar-refractivity contribution in [1.29, 1.82) is 0 Å². The van der Waals surface area contributed by atoms with E-state index >= 15 is 0 Å². The summed E-state index contributed by atoms with van der Waals surface area (Å²) in [5.74, 6) is -0.482. The van der Waals surface area contributed by atoms with Crippen molar-refractivity contribution in [3.05, 3.63) is 42.5 Å². The van der Waals surface area contributed by atoms with Crippen molar-refractivity contribution in [2.24, 2.45) is 0 Å². The number of rotatable bonds is 3. The first-order valence-electron chi connectivity index (χ1n) is 4.71. The molecule has 0 aliphatic rings. The molecule has 0 saturated carbocycles. The standard InChI is InChI=1S/C11H10N2O3/c14-9-4-2-1-3-8(9)13-6-5-12-10(13)7-11(15)16/h1-6,14H,7H2,(H,15,16). The minimum absolute atomic E-state index is 0.0899. The zero-order chi connectivity index (χ0) is 11.5. The molecule has 2 rings (SSSR count). The van der Waals surface area contributed by atoms with Gasteiger partial charge in [0.2, 0.25) is 0 Å². The molecule has 2 aromatic rings. The third kappa shape index (κ3) is 1.88. The van der Waals surface area contributed by atoms with Crippen LogP contribution in [0, 0.1) is 0 Å². The lowest BCUT2D eigenvalue weighted by Crippen LogP contribution is -2.07. The molecule has 0 radical (unpaired) electrons. The lowest BCUT2D eigenvalue weighted by molar-refractivity contribution is -0.136. The Balaban J connectivity index is 2.45. The lowest BCUT2D eigenvalue weighted by Gasteiger charge is -2.07. The fourth-order valence-corrected chi connectivity index (χ4v) is 1.49. The number of phenols is 1. The molecule has 0 fully saturated rings. The highest BCUT2D eigenvalue weighted by atomic mass is 16.4. The van der Waals surface area contributed by atoms with Crippen molar-refractivity contribution in [2.45, 2.75) is 6.42 Å². The molecule has 1 aromatic heterocycles. The summed E-state index contributed by atoms with van der Waals surface area (Å²) >= 11 is 0. The lowest BCUT2D eigenvalue weighted by atomic mass is 10.3. The normalized spacial score (nSPS) is 10.2. The van der Waals surface area contributed by atoms with E-state index in [-0.39, 0.29) is 12.2 Å². The third-order valence-electron chi connectivity index (χ3n) is 2.17. The predicted molar refractivity (Wildman–Crippen MR) is 56.6 cm³/mol. The number of imidazole rings is 1. The molecule has 0 unspecified atom stereocenters. The van der Waals surface area contributed by atoms with Crippen molar-refractivity contribution in [3.8, 4) is 11.4 Å². The minimum Gasteiger partial charge on any atom is -0.506 e. The number of hydrogen-bond donors (Lipinski definition) is 2. The SMILES string of the molecule is O=C(O)Cc1nccn1-c1ccccc1O. The van der Waals surface area contributed by atoms with Gasteiger partial charge in [-0.1, -0.05) is 12.1 Å². The monoisotopic (exact) mass is 218 g/mol. The van der Waals surface area contributed by atoms with Crippen molar-refractivity contribution in [3.63, 3.8) is 0 Å². The zero-order valence-electron chi connectivity index (χ0n) is 8.37. The van der Waals surface area contributed by atoms with Crippen molar-refractivity contribution >= 4 is 5.97 Å².